The molecule has 1 unspecified atom stereocenters. The van der Waals surface area contributed by atoms with Gasteiger partial charge in [-0.3, -0.25) is 4.79 Å². The van der Waals surface area contributed by atoms with E-state index in [1.165, 1.54) is 0 Å². The molecular weight excluding hydrogens is 268 g/mol. The van der Waals surface area contributed by atoms with Crippen LogP contribution in [0.2, 0.25) is 0 Å². The van der Waals surface area contributed by atoms with Gasteiger partial charge in [0.15, 0.2) is 0 Å². The number of carboxylic acids is 1. The molecule has 0 bridgehead atoms. The second kappa shape index (κ2) is 6.31. The molecule has 0 radical (unpaired) electrons. The van der Waals surface area contributed by atoms with E-state index in [0.717, 1.165) is 16.7 Å². The van der Waals surface area contributed by atoms with Crippen molar-refractivity contribution in [2.75, 3.05) is 6.61 Å². The Balaban J connectivity index is 2.32. The summed E-state index contributed by atoms with van der Waals surface area (Å²) >= 11 is 0. The summed E-state index contributed by atoms with van der Waals surface area (Å²) in [5, 5.41) is 18.7. The third-order valence-corrected chi connectivity index (χ3v) is 3.32. The number of aliphatic carboxylic acids is 1. The van der Waals surface area contributed by atoms with Crippen LogP contribution in [0.1, 0.15) is 25.3 Å². The fourth-order valence-electron chi connectivity index (χ4n) is 2.11. The minimum Gasteiger partial charge on any atom is -0.508 e. The average molecular weight is 286 g/mol. The second-order valence-corrected chi connectivity index (χ2v) is 4.83. The Morgan fingerprint density at radius 3 is 2.38 bits per heavy atom. The number of ether oxygens (including phenoxy) is 1. The molecule has 21 heavy (non-hydrogen) atoms. The lowest BCUT2D eigenvalue weighted by Crippen LogP contribution is -2.06. The van der Waals surface area contributed by atoms with E-state index in [0.29, 0.717) is 12.4 Å². The predicted molar refractivity (Wildman–Crippen MR) is 80.8 cm³/mol. The summed E-state index contributed by atoms with van der Waals surface area (Å²) in [6.45, 7) is 4.06. The first-order valence-corrected chi connectivity index (χ1v) is 6.81. The third-order valence-electron chi connectivity index (χ3n) is 3.32. The van der Waals surface area contributed by atoms with E-state index in [1.54, 1.807) is 31.2 Å². The molecule has 0 heterocycles. The molecule has 0 aliphatic rings. The van der Waals surface area contributed by atoms with Gasteiger partial charge in [0.05, 0.1) is 12.5 Å². The van der Waals surface area contributed by atoms with E-state index in [4.69, 9.17) is 9.84 Å². The lowest BCUT2D eigenvalue weighted by molar-refractivity contribution is -0.138. The fourth-order valence-corrected chi connectivity index (χ4v) is 2.11. The predicted octanol–water partition coefficient (Wildman–Crippen LogP) is 3.65. The topological polar surface area (TPSA) is 66.8 Å². The highest BCUT2D eigenvalue weighted by Gasteiger charge is 2.13. The van der Waals surface area contributed by atoms with Gasteiger partial charge in [-0.1, -0.05) is 24.3 Å². The van der Waals surface area contributed by atoms with Crippen LogP contribution < -0.4 is 4.74 Å². The van der Waals surface area contributed by atoms with E-state index in [-0.39, 0.29) is 5.75 Å². The molecule has 2 aromatic rings. The average Bonchev–Trinajstić information content (AvgIpc) is 2.46. The molecule has 0 aliphatic heterocycles. The molecule has 0 saturated carbocycles. The second-order valence-electron chi connectivity index (χ2n) is 4.83. The molecule has 0 saturated heterocycles. The summed E-state index contributed by atoms with van der Waals surface area (Å²) in [6.07, 6.45) is 0. The van der Waals surface area contributed by atoms with Crippen LogP contribution in [0.25, 0.3) is 11.1 Å². The van der Waals surface area contributed by atoms with Crippen molar-refractivity contribution >= 4 is 5.97 Å². The quantitative estimate of drug-likeness (QED) is 0.880. The van der Waals surface area contributed by atoms with Crippen molar-refractivity contribution < 1.29 is 19.7 Å². The first kappa shape index (κ1) is 14.9. The molecule has 4 heteroatoms. The molecule has 2 aromatic carbocycles. The van der Waals surface area contributed by atoms with Gasteiger partial charge < -0.3 is 14.9 Å². The third kappa shape index (κ3) is 3.54. The minimum atomic E-state index is -0.848. The van der Waals surface area contributed by atoms with Crippen LogP contribution >= 0.6 is 0 Å². The zero-order valence-electron chi connectivity index (χ0n) is 12.0. The van der Waals surface area contributed by atoms with Crippen molar-refractivity contribution in [1.82, 2.24) is 0 Å². The Bertz CT molecular complexity index is 632. The summed E-state index contributed by atoms with van der Waals surface area (Å²) in [5.41, 5.74) is 2.47. The Kier molecular flexibility index (Phi) is 4.48. The van der Waals surface area contributed by atoms with Crippen LogP contribution in [-0.4, -0.2) is 22.8 Å². The van der Waals surface area contributed by atoms with Crippen LogP contribution in [-0.2, 0) is 4.79 Å². The Morgan fingerprint density at radius 1 is 1.14 bits per heavy atom. The number of phenols is 1. The van der Waals surface area contributed by atoms with Gasteiger partial charge in [-0.2, -0.15) is 0 Å². The van der Waals surface area contributed by atoms with Crippen molar-refractivity contribution in [3.05, 3.63) is 48.0 Å². The maximum absolute atomic E-state index is 11.0. The number of phenolic OH excluding ortho intramolecular Hbond substituents is 1. The number of carbonyl (C=O) groups is 1. The number of hydrogen-bond donors (Lipinski definition) is 2. The molecule has 110 valence electrons. The van der Waals surface area contributed by atoms with Gasteiger partial charge in [0, 0.05) is 6.07 Å². The summed E-state index contributed by atoms with van der Waals surface area (Å²) in [4.78, 5) is 11.0. The first-order chi connectivity index (χ1) is 10.0. The Hall–Kier alpha value is -2.49. The van der Waals surface area contributed by atoms with Gasteiger partial charge in [-0.25, -0.2) is 0 Å². The van der Waals surface area contributed by atoms with Gasteiger partial charge >= 0.3 is 5.97 Å². The molecule has 2 rings (SSSR count). The molecular formula is C17H18O4. The Morgan fingerprint density at radius 2 is 1.81 bits per heavy atom. The molecule has 4 nitrogen and oxygen atoms in total. The SMILES string of the molecule is CCOc1cc(O)cc(-c2ccc(C(C)C(=O)O)cc2)c1. The molecule has 0 aromatic heterocycles. The van der Waals surface area contributed by atoms with E-state index >= 15 is 0 Å². The van der Waals surface area contributed by atoms with Gasteiger partial charge in [-0.05, 0) is 42.7 Å². The lowest BCUT2D eigenvalue weighted by Gasteiger charge is -2.10. The molecule has 2 N–H and O–H groups in total. The normalized spacial score (nSPS) is 11.9. The van der Waals surface area contributed by atoms with Gasteiger partial charge in [0.1, 0.15) is 11.5 Å². The summed E-state index contributed by atoms with van der Waals surface area (Å²) in [7, 11) is 0. The van der Waals surface area contributed by atoms with E-state index in [1.807, 2.05) is 25.1 Å². The van der Waals surface area contributed by atoms with Gasteiger partial charge in [0.2, 0.25) is 0 Å². The van der Waals surface area contributed by atoms with Crippen molar-refractivity contribution in [2.24, 2.45) is 0 Å². The highest BCUT2D eigenvalue weighted by Crippen LogP contribution is 2.30. The summed E-state index contributed by atoms with van der Waals surface area (Å²) in [6, 6.07) is 12.3. The monoisotopic (exact) mass is 286 g/mol. The fraction of sp³-hybridized carbons (Fsp3) is 0.235. The molecule has 0 amide bonds. The van der Waals surface area contributed by atoms with E-state index < -0.39 is 11.9 Å². The standard InChI is InChI=1S/C17H18O4/c1-3-21-16-9-14(8-15(18)10-16)13-6-4-12(5-7-13)11(2)17(19)20/h4-11,18H,3H2,1-2H3,(H,19,20). The summed E-state index contributed by atoms with van der Waals surface area (Å²) in [5.74, 6) is -0.643. The van der Waals surface area contributed by atoms with Gasteiger partial charge in [-0.15, -0.1) is 0 Å². The number of hydrogen-bond acceptors (Lipinski definition) is 3. The zero-order chi connectivity index (χ0) is 15.4. The highest BCUT2D eigenvalue weighted by molar-refractivity contribution is 5.76. The lowest BCUT2D eigenvalue weighted by atomic mass is 9.97. The molecule has 1 atom stereocenters. The largest absolute Gasteiger partial charge is 0.508 e. The Labute approximate surface area is 123 Å². The molecule has 0 aliphatic carbocycles. The van der Waals surface area contributed by atoms with Crippen LogP contribution in [0.4, 0.5) is 0 Å². The van der Waals surface area contributed by atoms with Crippen LogP contribution in [0, 0.1) is 0 Å². The van der Waals surface area contributed by atoms with Crippen molar-refractivity contribution in [3.8, 4) is 22.6 Å². The van der Waals surface area contributed by atoms with Crippen molar-refractivity contribution in [3.63, 3.8) is 0 Å². The maximum atomic E-state index is 11.0. The zero-order valence-corrected chi connectivity index (χ0v) is 12.0. The van der Waals surface area contributed by atoms with E-state index in [9.17, 15) is 9.90 Å². The number of carboxylic acid groups (broad SMARTS) is 1. The van der Waals surface area contributed by atoms with Gasteiger partial charge in [0.25, 0.3) is 0 Å². The number of aromatic hydroxyl groups is 1. The minimum absolute atomic E-state index is 0.138. The van der Waals surface area contributed by atoms with Crippen LogP contribution in [0.5, 0.6) is 11.5 Å². The maximum Gasteiger partial charge on any atom is 0.310 e. The van der Waals surface area contributed by atoms with Crippen molar-refractivity contribution in [2.45, 2.75) is 19.8 Å². The molecule has 0 fully saturated rings. The first-order valence-electron chi connectivity index (χ1n) is 6.81. The van der Waals surface area contributed by atoms with Crippen LogP contribution in [0.15, 0.2) is 42.5 Å². The highest BCUT2D eigenvalue weighted by atomic mass is 16.5. The van der Waals surface area contributed by atoms with Crippen molar-refractivity contribution in [1.29, 1.82) is 0 Å². The van der Waals surface area contributed by atoms with Crippen LogP contribution in [0.3, 0.4) is 0 Å². The number of rotatable bonds is 5. The van der Waals surface area contributed by atoms with E-state index in [2.05, 4.69) is 0 Å². The smallest absolute Gasteiger partial charge is 0.310 e. The number of benzene rings is 2. The summed E-state index contributed by atoms with van der Waals surface area (Å²) < 4.78 is 5.40. The molecule has 0 spiro atoms.